The van der Waals surface area contributed by atoms with Crippen LogP contribution in [0.4, 0.5) is 0 Å². The van der Waals surface area contributed by atoms with Gasteiger partial charge < -0.3 is 5.32 Å². The smallest absolute Gasteiger partial charge is 0.0162 e. The van der Waals surface area contributed by atoms with E-state index in [2.05, 4.69) is 11.9 Å². The van der Waals surface area contributed by atoms with Crippen molar-refractivity contribution in [3.05, 3.63) is 12.2 Å². The third kappa shape index (κ3) is 2.03. The van der Waals surface area contributed by atoms with Crippen LogP contribution >= 0.6 is 11.8 Å². The Kier molecular flexibility index (Phi) is 3.29. The van der Waals surface area contributed by atoms with E-state index in [4.69, 9.17) is 0 Å². The van der Waals surface area contributed by atoms with Gasteiger partial charge in [0.05, 0.1) is 0 Å². The maximum atomic E-state index is 4.05. The zero-order valence-corrected chi connectivity index (χ0v) is 7.34. The van der Waals surface area contributed by atoms with Crippen LogP contribution in [0.5, 0.6) is 0 Å². The van der Waals surface area contributed by atoms with Gasteiger partial charge in [0.1, 0.15) is 0 Å². The SMILES string of the molecule is C=C(CNC)C1CCSC1. The molecule has 0 aromatic rings. The minimum atomic E-state index is 0.789. The highest BCUT2D eigenvalue weighted by atomic mass is 32.2. The van der Waals surface area contributed by atoms with Crippen LogP contribution in [0.1, 0.15) is 6.42 Å². The standard InChI is InChI=1S/C8H15NS/c1-7(5-9-2)8-3-4-10-6-8/h8-9H,1,3-6H2,2H3. The highest BCUT2D eigenvalue weighted by Gasteiger charge is 2.17. The molecular weight excluding hydrogens is 142 g/mol. The van der Waals surface area contributed by atoms with Gasteiger partial charge in [-0.3, -0.25) is 0 Å². The normalized spacial score (nSPS) is 25.1. The molecular formula is C8H15NS. The highest BCUT2D eigenvalue weighted by molar-refractivity contribution is 7.99. The Hall–Kier alpha value is 0.0500. The molecule has 1 unspecified atom stereocenters. The van der Waals surface area contributed by atoms with Gasteiger partial charge in [0, 0.05) is 6.54 Å². The maximum absolute atomic E-state index is 4.05. The Balaban J connectivity index is 2.25. The summed E-state index contributed by atoms with van der Waals surface area (Å²) in [4.78, 5) is 0. The Morgan fingerprint density at radius 3 is 3.10 bits per heavy atom. The Bertz CT molecular complexity index is 116. The Morgan fingerprint density at radius 2 is 2.60 bits per heavy atom. The highest BCUT2D eigenvalue weighted by Crippen LogP contribution is 2.27. The molecule has 1 aliphatic heterocycles. The van der Waals surface area contributed by atoms with Crippen LogP contribution in [0.2, 0.25) is 0 Å². The molecule has 0 amide bonds. The maximum Gasteiger partial charge on any atom is 0.0162 e. The summed E-state index contributed by atoms with van der Waals surface area (Å²) >= 11 is 2.05. The molecule has 1 fully saturated rings. The molecule has 0 radical (unpaired) electrons. The van der Waals surface area contributed by atoms with Crippen molar-refractivity contribution in [1.29, 1.82) is 0 Å². The van der Waals surface area contributed by atoms with Crippen molar-refractivity contribution in [2.24, 2.45) is 5.92 Å². The van der Waals surface area contributed by atoms with Crippen molar-refractivity contribution >= 4 is 11.8 Å². The molecule has 1 heterocycles. The predicted molar refractivity (Wildman–Crippen MR) is 48.5 cm³/mol. The van der Waals surface area contributed by atoms with E-state index in [1.807, 2.05) is 18.8 Å². The molecule has 0 aliphatic carbocycles. The van der Waals surface area contributed by atoms with E-state index >= 15 is 0 Å². The zero-order valence-electron chi connectivity index (χ0n) is 6.52. The van der Waals surface area contributed by atoms with Crippen LogP contribution in [0, 0.1) is 5.92 Å². The molecule has 0 aromatic heterocycles. The molecule has 1 nitrogen and oxygen atoms in total. The van der Waals surface area contributed by atoms with Crippen LogP contribution in [0.3, 0.4) is 0 Å². The first-order valence-electron chi connectivity index (χ1n) is 3.74. The lowest BCUT2D eigenvalue weighted by molar-refractivity contribution is 0.662. The fourth-order valence-electron chi connectivity index (χ4n) is 1.23. The van der Waals surface area contributed by atoms with Gasteiger partial charge in [-0.25, -0.2) is 0 Å². The molecule has 0 bridgehead atoms. The number of rotatable bonds is 3. The topological polar surface area (TPSA) is 12.0 Å². The molecule has 0 spiro atoms. The van der Waals surface area contributed by atoms with E-state index in [0.29, 0.717) is 0 Å². The van der Waals surface area contributed by atoms with Gasteiger partial charge in [0.15, 0.2) is 0 Å². The predicted octanol–water partition coefficient (Wildman–Crippen LogP) is 1.52. The third-order valence-corrected chi connectivity index (χ3v) is 3.07. The summed E-state index contributed by atoms with van der Waals surface area (Å²) in [6.45, 7) is 5.04. The summed E-state index contributed by atoms with van der Waals surface area (Å²) in [7, 11) is 1.98. The lowest BCUT2D eigenvalue weighted by atomic mass is 10.0. The number of nitrogens with one attached hydrogen (secondary N) is 1. The van der Waals surface area contributed by atoms with Crippen molar-refractivity contribution in [3.63, 3.8) is 0 Å². The fourth-order valence-corrected chi connectivity index (χ4v) is 2.53. The number of likely N-dealkylation sites (N-methyl/N-ethyl adjacent to an activating group) is 1. The van der Waals surface area contributed by atoms with Crippen LogP contribution in [0.25, 0.3) is 0 Å². The monoisotopic (exact) mass is 157 g/mol. The number of hydrogen-bond donors (Lipinski definition) is 1. The van der Waals surface area contributed by atoms with Gasteiger partial charge in [0.25, 0.3) is 0 Å². The molecule has 10 heavy (non-hydrogen) atoms. The zero-order chi connectivity index (χ0) is 7.40. The van der Waals surface area contributed by atoms with E-state index in [1.54, 1.807) is 0 Å². The Labute approximate surface area is 67.3 Å². The van der Waals surface area contributed by atoms with Crippen molar-refractivity contribution in [2.75, 3.05) is 25.1 Å². The van der Waals surface area contributed by atoms with E-state index in [0.717, 1.165) is 12.5 Å². The van der Waals surface area contributed by atoms with Gasteiger partial charge >= 0.3 is 0 Å². The van der Waals surface area contributed by atoms with Gasteiger partial charge in [0.2, 0.25) is 0 Å². The molecule has 58 valence electrons. The van der Waals surface area contributed by atoms with Gasteiger partial charge in [-0.05, 0) is 30.9 Å². The summed E-state index contributed by atoms with van der Waals surface area (Å²) < 4.78 is 0. The van der Waals surface area contributed by atoms with E-state index < -0.39 is 0 Å². The summed E-state index contributed by atoms with van der Waals surface area (Å²) in [5.41, 5.74) is 1.38. The molecule has 2 heteroatoms. The van der Waals surface area contributed by atoms with Crippen LogP contribution in [-0.2, 0) is 0 Å². The average molecular weight is 157 g/mol. The number of thioether (sulfide) groups is 1. The van der Waals surface area contributed by atoms with E-state index in [-0.39, 0.29) is 0 Å². The van der Waals surface area contributed by atoms with Crippen molar-refractivity contribution in [2.45, 2.75) is 6.42 Å². The first kappa shape index (κ1) is 8.15. The first-order chi connectivity index (χ1) is 4.84. The van der Waals surface area contributed by atoms with Crippen molar-refractivity contribution < 1.29 is 0 Å². The van der Waals surface area contributed by atoms with Crippen LogP contribution < -0.4 is 5.32 Å². The molecule has 0 saturated carbocycles. The van der Waals surface area contributed by atoms with E-state index in [1.165, 1.54) is 23.5 Å². The van der Waals surface area contributed by atoms with Crippen LogP contribution in [0.15, 0.2) is 12.2 Å². The lowest BCUT2D eigenvalue weighted by Gasteiger charge is -2.10. The summed E-state index contributed by atoms with van der Waals surface area (Å²) in [6.07, 6.45) is 1.34. The summed E-state index contributed by atoms with van der Waals surface area (Å²) in [6, 6.07) is 0. The minimum absolute atomic E-state index is 0.789. The van der Waals surface area contributed by atoms with Crippen molar-refractivity contribution in [3.8, 4) is 0 Å². The molecule has 1 aliphatic rings. The summed E-state index contributed by atoms with van der Waals surface area (Å²) in [5.74, 6) is 3.41. The largest absolute Gasteiger partial charge is 0.316 e. The second kappa shape index (κ2) is 4.04. The second-order valence-electron chi connectivity index (χ2n) is 2.75. The lowest BCUT2D eigenvalue weighted by Crippen LogP contribution is -2.15. The van der Waals surface area contributed by atoms with Crippen LogP contribution in [-0.4, -0.2) is 25.1 Å². The summed E-state index contributed by atoms with van der Waals surface area (Å²) in [5, 5.41) is 3.14. The minimum Gasteiger partial charge on any atom is -0.316 e. The molecule has 1 N–H and O–H groups in total. The molecule has 1 saturated heterocycles. The second-order valence-corrected chi connectivity index (χ2v) is 3.90. The molecule has 1 rings (SSSR count). The van der Waals surface area contributed by atoms with Gasteiger partial charge in [-0.1, -0.05) is 12.2 Å². The first-order valence-corrected chi connectivity index (χ1v) is 4.90. The quantitative estimate of drug-likeness (QED) is 0.623. The van der Waals surface area contributed by atoms with Gasteiger partial charge in [-0.15, -0.1) is 0 Å². The van der Waals surface area contributed by atoms with Gasteiger partial charge in [-0.2, -0.15) is 11.8 Å². The van der Waals surface area contributed by atoms with E-state index in [9.17, 15) is 0 Å². The number of hydrogen-bond acceptors (Lipinski definition) is 2. The molecule has 0 aromatic carbocycles. The van der Waals surface area contributed by atoms with Crippen molar-refractivity contribution in [1.82, 2.24) is 5.32 Å². The Morgan fingerprint density at radius 1 is 1.80 bits per heavy atom. The fraction of sp³-hybridized carbons (Fsp3) is 0.750. The molecule has 1 atom stereocenters. The third-order valence-electron chi connectivity index (χ3n) is 1.91. The average Bonchev–Trinajstić information content (AvgIpc) is 2.38.